The average molecular weight is 756 g/mol. The predicted molar refractivity (Wildman–Crippen MR) is 244 cm³/mol. The van der Waals surface area contributed by atoms with Crippen LogP contribution < -0.4 is 4.57 Å². The lowest BCUT2D eigenvalue weighted by molar-refractivity contribution is -0.686. The van der Waals surface area contributed by atoms with Crippen molar-refractivity contribution in [3.8, 4) is 0 Å². The molecule has 0 aliphatic heterocycles. The highest BCUT2D eigenvalue weighted by molar-refractivity contribution is 5.12. The molecule has 2 heteroatoms. The molecule has 0 N–H and O–H groups in total. The van der Waals surface area contributed by atoms with Gasteiger partial charge in [0.25, 0.3) is 5.82 Å². The van der Waals surface area contributed by atoms with E-state index in [4.69, 9.17) is 0 Å². The van der Waals surface area contributed by atoms with Crippen LogP contribution >= 0.6 is 0 Å². The van der Waals surface area contributed by atoms with Crippen LogP contribution in [0.5, 0.6) is 0 Å². The van der Waals surface area contributed by atoms with Gasteiger partial charge in [-0.15, -0.1) is 0 Å². The van der Waals surface area contributed by atoms with E-state index in [1.54, 1.807) is 17.2 Å². The Kier molecular flexibility index (Phi) is 38.3. The van der Waals surface area contributed by atoms with E-state index in [0.29, 0.717) is 0 Å². The molecule has 0 saturated heterocycles. The predicted octanol–water partition coefficient (Wildman–Crippen LogP) is 17.6. The van der Waals surface area contributed by atoms with E-state index < -0.39 is 0 Å². The minimum atomic E-state index is 1.27. The Morgan fingerprint density at radius 1 is 0.296 bits per heavy atom. The Labute approximate surface area is 342 Å². The molecule has 0 aliphatic carbocycles. The maximum atomic E-state index is 2.91. The Morgan fingerprint density at radius 2 is 0.556 bits per heavy atom. The number of hydrogen-bond donors (Lipinski definition) is 0. The van der Waals surface area contributed by atoms with Crippen molar-refractivity contribution in [1.82, 2.24) is 4.57 Å². The van der Waals surface area contributed by atoms with Gasteiger partial charge in [-0.1, -0.05) is 252 Å². The second-order valence-corrected chi connectivity index (χ2v) is 18.0. The van der Waals surface area contributed by atoms with E-state index in [9.17, 15) is 0 Å². The first-order valence-corrected chi connectivity index (χ1v) is 25.8. The van der Waals surface area contributed by atoms with Crippen molar-refractivity contribution < 1.29 is 4.57 Å². The summed E-state index contributed by atoms with van der Waals surface area (Å²) >= 11 is 0. The minimum absolute atomic E-state index is 1.27. The van der Waals surface area contributed by atoms with Crippen LogP contribution in [0.4, 0.5) is 0 Å². The fourth-order valence-corrected chi connectivity index (χ4v) is 9.09. The highest BCUT2D eigenvalue weighted by atomic mass is 15.2. The van der Waals surface area contributed by atoms with Gasteiger partial charge < -0.3 is 0 Å². The SMILES string of the molecule is CCCCCCCCCCCCc1c(CCCCCCCCCCCC)[n+](C)c(CCCCCCCCCCCC)n1CCCCCCCCCCCC. The number of unbranched alkanes of at least 4 members (excludes halogenated alkanes) is 36. The zero-order valence-electron chi connectivity index (χ0n) is 38.5. The summed E-state index contributed by atoms with van der Waals surface area (Å²) < 4.78 is 5.65. The summed E-state index contributed by atoms with van der Waals surface area (Å²) in [6.45, 7) is 10.6. The normalized spacial score (nSPS) is 11.7. The maximum absolute atomic E-state index is 2.91. The zero-order valence-corrected chi connectivity index (χ0v) is 38.5. The van der Waals surface area contributed by atoms with Gasteiger partial charge in [0.05, 0.1) is 13.6 Å². The molecule has 0 unspecified atom stereocenters. The first-order valence-electron chi connectivity index (χ1n) is 25.8. The molecule has 1 aromatic heterocycles. The third-order valence-corrected chi connectivity index (χ3v) is 12.8. The van der Waals surface area contributed by atoms with Gasteiger partial charge in [0.15, 0.2) is 0 Å². The third-order valence-electron chi connectivity index (χ3n) is 12.8. The summed E-state index contributed by atoms with van der Waals surface area (Å²) in [5, 5.41) is 0. The van der Waals surface area contributed by atoms with Crippen LogP contribution in [-0.4, -0.2) is 4.57 Å². The summed E-state index contributed by atoms with van der Waals surface area (Å²) in [6.07, 6.45) is 61.1. The third kappa shape index (κ3) is 28.6. The van der Waals surface area contributed by atoms with Gasteiger partial charge in [-0.2, -0.15) is 0 Å². The minimum Gasteiger partial charge on any atom is -0.234 e. The van der Waals surface area contributed by atoms with Crippen LogP contribution in [0.3, 0.4) is 0 Å². The van der Waals surface area contributed by atoms with E-state index >= 15 is 0 Å². The number of rotatable bonds is 44. The fraction of sp³-hybridized carbons (Fsp3) is 0.942. The van der Waals surface area contributed by atoms with Crippen LogP contribution in [-0.2, 0) is 32.9 Å². The molecule has 0 radical (unpaired) electrons. The van der Waals surface area contributed by atoms with Gasteiger partial charge in [-0.05, 0) is 32.1 Å². The van der Waals surface area contributed by atoms with Crippen LogP contribution in [0.15, 0.2) is 0 Å². The van der Waals surface area contributed by atoms with Gasteiger partial charge >= 0.3 is 0 Å². The molecule has 1 heterocycles. The molecular formula is C52H103N2+. The second kappa shape index (κ2) is 40.4. The maximum Gasteiger partial charge on any atom is 0.256 e. The number of nitrogens with zero attached hydrogens (tertiary/aromatic N) is 2. The van der Waals surface area contributed by atoms with Crippen molar-refractivity contribution in [2.24, 2.45) is 7.05 Å². The number of aromatic nitrogens is 2. The lowest BCUT2D eigenvalue weighted by Gasteiger charge is -2.08. The molecule has 0 fully saturated rings. The standard InChI is InChI=1S/C52H103N2/c1-6-10-14-18-22-26-30-34-38-42-46-50-51(47-43-39-35-31-27-23-19-15-11-7-2)54(49-45-41-37-33-29-25-21-17-13-9-4)52(53(50)5)48-44-40-36-32-28-24-20-16-12-8-3/h6-49H2,1-5H3/q+1. The Balaban J connectivity index is 2.84. The molecule has 0 aliphatic rings. The van der Waals surface area contributed by atoms with Gasteiger partial charge in [0.2, 0.25) is 0 Å². The lowest BCUT2D eigenvalue weighted by atomic mass is 10.0. The van der Waals surface area contributed by atoms with E-state index in [-0.39, 0.29) is 0 Å². The molecule has 54 heavy (non-hydrogen) atoms. The summed E-state index contributed by atoms with van der Waals surface area (Å²) in [7, 11) is 2.47. The van der Waals surface area contributed by atoms with Gasteiger partial charge in [-0.3, -0.25) is 0 Å². The summed E-state index contributed by atoms with van der Waals surface area (Å²) in [6, 6.07) is 0. The molecule has 0 amide bonds. The molecular weight excluding hydrogens is 653 g/mol. The Morgan fingerprint density at radius 3 is 0.889 bits per heavy atom. The molecule has 2 nitrogen and oxygen atoms in total. The topological polar surface area (TPSA) is 8.81 Å². The van der Waals surface area contributed by atoms with Gasteiger partial charge in [0.1, 0.15) is 11.4 Å². The van der Waals surface area contributed by atoms with Crippen molar-refractivity contribution in [2.45, 2.75) is 310 Å². The summed E-state index contributed by atoms with van der Waals surface area (Å²) in [5.74, 6) is 1.68. The van der Waals surface area contributed by atoms with Crippen molar-refractivity contribution >= 4 is 0 Å². The van der Waals surface area contributed by atoms with Gasteiger partial charge in [0, 0.05) is 19.3 Å². The molecule has 0 spiro atoms. The van der Waals surface area contributed by atoms with E-state index in [2.05, 4.69) is 43.9 Å². The van der Waals surface area contributed by atoms with Crippen LogP contribution in [0.1, 0.15) is 302 Å². The van der Waals surface area contributed by atoms with Crippen LogP contribution in [0.25, 0.3) is 0 Å². The number of imidazole rings is 1. The molecule has 0 bridgehead atoms. The van der Waals surface area contributed by atoms with Crippen molar-refractivity contribution in [3.63, 3.8) is 0 Å². The summed E-state index contributed by atoms with van der Waals surface area (Å²) in [4.78, 5) is 0. The molecule has 1 aromatic rings. The average Bonchev–Trinajstić information content (AvgIpc) is 3.42. The van der Waals surface area contributed by atoms with Crippen molar-refractivity contribution in [3.05, 3.63) is 17.2 Å². The van der Waals surface area contributed by atoms with Crippen molar-refractivity contribution in [1.29, 1.82) is 0 Å². The molecule has 1 rings (SSSR count). The van der Waals surface area contributed by atoms with E-state index in [1.165, 1.54) is 283 Å². The monoisotopic (exact) mass is 756 g/mol. The van der Waals surface area contributed by atoms with Crippen molar-refractivity contribution in [2.75, 3.05) is 0 Å². The second-order valence-electron chi connectivity index (χ2n) is 18.0. The van der Waals surface area contributed by atoms with E-state index in [1.807, 2.05) is 0 Å². The molecule has 320 valence electrons. The zero-order chi connectivity index (χ0) is 39.0. The quantitative estimate of drug-likeness (QED) is 0.0463. The highest BCUT2D eigenvalue weighted by Gasteiger charge is 2.27. The Hall–Kier alpha value is -0.790. The number of hydrogen-bond acceptors (Lipinski definition) is 0. The highest BCUT2D eigenvalue weighted by Crippen LogP contribution is 2.22. The summed E-state index contributed by atoms with van der Waals surface area (Å²) in [5.41, 5.74) is 3.48. The van der Waals surface area contributed by atoms with Crippen LogP contribution in [0, 0.1) is 0 Å². The first-order chi connectivity index (χ1) is 26.7. The van der Waals surface area contributed by atoms with Gasteiger partial charge in [-0.25, -0.2) is 9.13 Å². The Bertz CT molecular complexity index is 814. The van der Waals surface area contributed by atoms with Crippen LogP contribution in [0.2, 0.25) is 0 Å². The molecule has 0 saturated carbocycles. The van der Waals surface area contributed by atoms with E-state index in [0.717, 1.165) is 0 Å². The smallest absolute Gasteiger partial charge is 0.234 e. The fourth-order valence-electron chi connectivity index (χ4n) is 9.09. The lowest BCUT2D eigenvalue weighted by Crippen LogP contribution is -2.36. The largest absolute Gasteiger partial charge is 0.256 e. The molecule has 0 atom stereocenters. The molecule has 0 aromatic carbocycles. The first kappa shape index (κ1) is 51.2.